The van der Waals surface area contributed by atoms with Crippen molar-refractivity contribution in [1.82, 2.24) is 9.55 Å². The average Bonchev–Trinajstić information content (AvgIpc) is 2.71. The van der Waals surface area contributed by atoms with Crippen molar-refractivity contribution in [2.75, 3.05) is 6.61 Å². The number of hydrogen-bond acceptors (Lipinski definition) is 3. The van der Waals surface area contributed by atoms with Crippen LogP contribution >= 0.6 is 11.6 Å². The molecule has 0 amide bonds. The number of hydrogen-bond donors (Lipinski definition) is 2. The zero-order valence-corrected chi connectivity index (χ0v) is 14.6. The first-order valence-corrected chi connectivity index (χ1v) is 11.1. The maximum absolute atomic E-state index is 14.4. The van der Waals surface area contributed by atoms with Crippen LogP contribution in [0.4, 0.5) is 4.39 Å². The number of rotatable bonds is 6. The van der Waals surface area contributed by atoms with Crippen LogP contribution in [-0.4, -0.2) is 29.3 Å². The Hall–Kier alpha value is -1.15. The summed E-state index contributed by atoms with van der Waals surface area (Å²) in [6, 6.07) is 0.959. The minimum Gasteiger partial charge on any atom is -0.390 e. The zero-order chi connectivity index (χ0) is 16.5. The first kappa shape index (κ1) is 17.2. The molecule has 2 rings (SSSR count). The average molecular weight is 347 g/mol. The lowest BCUT2D eigenvalue weighted by Gasteiger charge is -2.16. The number of aliphatic hydroxyl groups is 1. The van der Waals surface area contributed by atoms with E-state index in [-0.39, 0.29) is 28.4 Å². The monoisotopic (exact) mass is 346 g/mol. The molecule has 2 aromatic heterocycles. The van der Waals surface area contributed by atoms with Crippen LogP contribution in [0.2, 0.25) is 30.7 Å². The van der Waals surface area contributed by atoms with Gasteiger partial charge < -0.3 is 19.4 Å². The van der Waals surface area contributed by atoms with Crippen molar-refractivity contribution in [2.24, 2.45) is 0 Å². The van der Waals surface area contributed by atoms with Gasteiger partial charge in [-0.1, -0.05) is 31.2 Å². The van der Waals surface area contributed by atoms with E-state index in [9.17, 15) is 14.3 Å². The molecule has 0 fully saturated rings. The number of fused-ring (bicyclic) bond motifs is 1. The number of H-pyrrole nitrogens is 1. The summed E-state index contributed by atoms with van der Waals surface area (Å²) in [4.78, 5) is 14.5. The summed E-state index contributed by atoms with van der Waals surface area (Å²) < 4.78 is 21.3. The van der Waals surface area contributed by atoms with Gasteiger partial charge in [-0.05, 0) is 6.04 Å². The van der Waals surface area contributed by atoms with Gasteiger partial charge in [-0.25, -0.2) is 4.39 Å². The second kappa shape index (κ2) is 6.53. The first-order valence-electron chi connectivity index (χ1n) is 7.02. The van der Waals surface area contributed by atoms with E-state index in [0.717, 1.165) is 6.04 Å². The molecule has 5 nitrogen and oxygen atoms in total. The van der Waals surface area contributed by atoms with Crippen molar-refractivity contribution in [3.05, 3.63) is 33.1 Å². The molecule has 22 heavy (non-hydrogen) atoms. The molecule has 0 aliphatic rings. The molecule has 0 radical (unpaired) electrons. The van der Waals surface area contributed by atoms with Gasteiger partial charge in [0.25, 0.3) is 5.56 Å². The van der Waals surface area contributed by atoms with Gasteiger partial charge in [0, 0.05) is 20.9 Å². The molecular formula is C14H20ClFN2O3Si. The van der Waals surface area contributed by atoms with Crippen molar-refractivity contribution in [2.45, 2.75) is 39.0 Å². The standard InChI is InChI=1S/C14H20ClFN2O3Si/c1-22(2,3)5-4-21-8-18-10(7-19)12(16)11-9(15)6-17-14(20)13(11)18/h6,19H,4-5,7-8H2,1-3H3,(H,17,20). The summed E-state index contributed by atoms with van der Waals surface area (Å²) in [6.45, 7) is 6.68. The Bertz CT molecular complexity index is 736. The number of halogens is 2. The lowest BCUT2D eigenvalue weighted by atomic mass is 10.3. The van der Waals surface area contributed by atoms with Crippen molar-refractivity contribution in [3.8, 4) is 0 Å². The largest absolute Gasteiger partial charge is 0.390 e. The van der Waals surface area contributed by atoms with Crippen LogP contribution in [0.25, 0.3) is 10.9 Å². The molecule has 0 bridgehead atoms. The number of aromatic amines is 1. The van der Waals surface area contributed by atoms with E-state index >= 15 is 0 Å². The quantitative estimate of drug-likeness (QED) is 0.624. The topological polar surface area (TPSA) is 67.2 Å². The van der Waals surface area contributed by atoms with Gasteiger partial charge in [0.05, 0.1) is 22.7 Å². The predicted octanol–water partition coefficient (Wildman–Crippen LogP) is 2.93. The zero-order valence-electron chi connectivity index (χ0n) is 12.9. The van der Waals surface area contributed by atoms with Crippen molar-refractivity contribution < 1.29 is 14.2 Å². The van der Waals surface area contributed by atoms with E-state index in [1.165, 1.54) is 10.8 Å². The molecule has 0 saturated heterocycles. The molecule has 0 saturated carbocycles. The maximum atomic E-state index is 14.4. The van der Waals surface area contributed by atoms with E-state index in [1.807, 2.05) is 0 Å². The van der Waals surface area contributed by atoms with Gasteiger partial charge in [-0.15, -0.1) is 0 Å². The number of ether oxygens (including phenoxy) is 1. The molecule has 0 atom stereocenters. The number of nitrogens with zero attached hydrogens (tertiary/aromatic N) is 1. The Labute approximate surface area is 133 Å². The minimum absolute atomic E-state index is 0.00148. The van der Waals surface area contributed by atoms with Crippen LogP contribution in [-0.2, 0) is 18.1 Å². The summed E-state index contributed by atoms with van der Waals surface area (Å²) in [7, 11) is -1.23. The summed E-state index contributed by atoms with van der Waals surface area (Å²) in [5.41, 5.74) is -0.379. The van der Waals surface area contributed by atoms with E-state index in [1.54, 1.807) is 0 Å². The summed E-state index contributed by atoms with van der Waals surface area (Å²) in [5.74, 6) is -0.678. The fraction of sp³-hybridized carbons (Fsp3) is 0.500. The fourth-order valence-corrected chi connectivity index (χ4v) is 3.18. The molecule has 2 aromatic rings. The lowest BCUT2D eigenvalue weighted by molar-refractivity contribution is 0.0845. The van der Waals surface area contributed by atoms with Crippen molar-refractivity contribution in [3.63, 3.8) is 0 Å². The third-order valence-corrected chi connectivity index (χ3v) is 5.46. The highest BCUT2D eigenvalue weighted by Crippen LogP contribution is 2.28. The molecular weight excluding hydrogens is 327 g/mol. The minimum atomic E-state index is -1.23. The normalized spacial score (nSPS) is 12.3. The smallest absolute Gasteiger partial charge is 0.272 e. The fourth-order valence-electron chi connectivity index (χ4n) is 2.19. The van der Waals surface area contributed by atoms with E-state index in [0.29, 0.717) is 6.61 Å². The van der Waals surface area contributed by atoms with Crippen molar-refractivity contribution in [1.29, 1.82) is 0 Å². The van der Waals surface area contributed by atoms with Gasteiger partial charge in [-0.3, -0.25) is 4.79 Å². The SMILES string of the molecule is C[Si](C)(C)CCOCn1c(CO)c(F)c2c(Cl)c[nH]c(=O)c21. The van der Waals surface area contributed by atoms with Crippen LogP contribution in [0, 0.1) is 5.82 Å². The number of nitrogens with one attached hydrogen (secondary N) is 1. The van der Waals surface area contributed by atoms with E-state index in [2.05, 4.69) is 24.6 Å². The van der Waals surface area contributed by atoms with Crippen LogP contribution in [0.15, 0.2) is 11.0 Å². The molecule has 0 aliphatic carbocycles. The van der Waals surface area contributed by atoms with Crippen LogP contribution < -0.4 is 5.56 Å². The van der Waals surface area contributed by atoms with Gasteiger partial charge in [0.2, 0.25) is 0 Å². The molecule has 2 heterocycles. The highest BCUT2D eigenvalue weighted by atomic mass is 35.5. The number of aliphatic hydroxyl groups excluding tert-OH is 1. The molecule has 2 N–H and O–H groups in total. The van der Waals surface area contributed by atoms with Crippen LogP contribution in [0.3, 0.4) is 0 Å². The molecule has 122 valence electrons. The van der Waals surface area contributed by atoms with Gasteiger partial charge in [0.15, 0.2) is 5.82 Å². The Morgan fingerprint density at radius 2 is 2.14 bits per heavy atom. The van der Waals surface area contributed by atoms with Crippen LogP contribution in [0.1, 0.15) is 5.69 Å². The molecule has 0 aliphatic heterocycles. The second-order valence-electron chi connectivity index (χ2n) is 6.38. The van der Waals surface area contributed by atoms with Gasteiger partial charge in [-0.2, -0.15) is 0 Å². The highest BCUT2D eigenvalue weighted by molar-refractivity contribution is 6.76. The lowest BCUT2D eigenvalue weighted by Crippen LogP contribution is -2.22. The molecule has 0 unspecified atom stereocenters. The Balaban J connectivity index is 2.36. The predicted molar refractivity (Wildman–Crippen MR) is 87.6 cm³/mol. The number of pyridine rings is 1. The molecule has 8 heteroatoms. The highest BCUT2D eigenvalue weighted by Gasteiger charge is 2.21. The third-order valence-electron chi connectivity index (χ3n) is 3.46. The van der Waals surface area contributed by atoms with E-state index in [4.69, 9.17) is 16.3 Å². The van der Waals surface area contributed by atoms with Gasteiger partial charge in [0.1, 0.15) is 12.2 Å². The van der Waals surface area contributed by atoms with Crippen molar-refractivity contribution >= 4 is 30.6 Å². The summed E-state index contributed by atoms with van der Waals surface area (Å²) in [6.07, 6.45) is 1.24. The number of aromatic nitrogens is 2. The first-order chi connectivity index (χ1) is 10.3. The van der Waals surface area contributed by atoms with Gasteiger partial charge >= 0.3 is 0 Å². The summed E-state index contributed by atoms with van der Waals surface area (Å²) >= 11 is 5.96. The third kappa shape index (κ3) is 3.43. The molecule has 0 spiro atoms. The van der Waals surface area contributed by atoms with Crippen LogP contribution in [0.5, 0.6) is 0 Å². The summed E-state index contributed by atoms with van der Waals surface area (Å²) in [5, 5.41) is 9.52. The maximum Gasteiger partial charge on any atom is 0.272 e. The Morgan fingerprint density at radius 3 is 2.73 bits per heavy atom. The Morgan fingerprint density at radius 1 is 1.45 bits per heavy atom. The Kier molecular flexibility index (Phi) is 5.11. The second-order valence-corrected chi connectivity index (χ2v) is 12.4. The molecule has 0 aromatic carbocycles. The van der Waals surface area contributed by atoms with E-state index < -0.39 is 26.1 Å².